The van der Waals surface area contributed by atoms with Gasteiger partial charge in [0, 0.05) is 18.3 Å². The first-order valence-corrected chi connectivity index (χ1v) is 16.5. The number of hydrogen-bond donors (Lipinski definition) is 0. The molecular formula is C37H26F17NO2. The first-order chi connectivity index (χ1) is 26.1. The van der Waals surface area contributed by atoms with Gasteiger partial charge in [-0.15, -0.1) is 0 Å². The average molecular weight is 840 g/mol. The van der Waals surface area contributed by atoms with Crippen LogP contribution in [0, 0.1) is 11.8 Å². The standard InChI is InChI=1S/C37H26F17NO2/c38-30(39,31(40,41)32(42,43)33(44,45)34(46,47)35(48,49)36(50,51)37(52,53)54)18-17-20-11-13-21(14-12-20)19-55-28(56)26-24(22-7-3-1-4-8-22)15-16-25(27(26)29(55)57)23-9-5-2-6-10-23/h1-16,24-27H,17-19H2/t24-,25+,26+,27-. The number of carbonyl (C=O) groups is 2. The van der Waals surface area contributed by atoms with Crippen molar-refractivity contribution in [3.63, 3.8) is 0 Å². The summed E-state index contributed by atoms with van der Waals surface area (Å²) in [5, 5.41) is 0. The molecule has 3 aromatic carbocycles. The molecule has 1 aliphatic carbocycles. The highest BCUT2D eigenvalue weighted by Crippen LogP contribution is 2.64. The summed E-state index contributed by atoms with van der Waals surface area (Å²) in [6.07, 6.45) is -8.23. The van der Waals surface area contributed by atoms with E-state index < -0.39 is 108 Å². The van der Waals surface area contributed by atoms with Crippen LogP contribution in [-0.2, 0) is 22.6 Å². The molecule has 0 radical (unpaired) electrons. The van der Waals surface area contributed by atoms with Crippen molar-refractivity contribution in [2.75, 3.05) is 0 Å². The Labute approximate surface area is 311 Å². The van der Waals surface area contributed by atoms with Crippen LogP contribution in [0.3, 0.4) is 0 Å². The summed E-state index contributed by atoms with van der Waals surface area (Å²) in [5.41, 5.74) is 1.17. The molecule has 5 rings (SSSR count). The second kappa shape index (κ2) is 14.3. The number of halogens is 17. The van der Waals surface area contributed by atoms with Crippen molar-refractivity contribution in [2.45, 2.75) is 78.9 Å². The minimum atomic E-state index is -8.69. The quantitative estimate of drug-likeness (QED) is 0.0977. The van der Waals surface area contributed by atoms with Gasteiger partial charge in [-0.1, -0.05) is 97.1 Å². The monoisotopic (exact) mass is 839 g/mol. The van der Waals surface area contributed by atoms with E-state index in [1.54, 1.807) is 60.7 Å². The molecule has 2 aliphatic rings. The van der Waals surface area contributed by atoms with Crippen molar-refractivity contribution < 1.29 is 84.2 Å². The summed E-state index contributed by atoms with van der Waals surface area (Å²) in [6.45, 7) is -0.407. The Morgan fingerprint density at radius 2 is 0.789 bits per heavy atom. The van der Waals surface area contributed by atoms with Gasteiger partial charge in [-0.05, 0) is 28.7 Å². The molecule has 3 nitrogen and oxygen atoms in total. The van der Waals surface area contributed by atoms with Crippen LogP contribution in [-0.4, -0.2) is 64.3 Å². The molecule has 0 bridgehead atoms. The van der Waals surface area contributed by atoms with E-state index in [0.29, 0.717) is 0 Å². The van der Waals surface area contributed by atoms with Crippen LogP contribution in [0.4, 0.5) is 74.6 Å². The predicted molar refractivity (Wildman–Crippen MR) is 165 cm³/mol. The van der Waals surface area contributed by atoms with E-state index in [-0.39, 0.29) is 5.56 Å². The molecule has 0 saturated carbocycles. The number of fused-ring (bicyclic) bond motifs is 1. The molecule has 310 valence electrons. The topological polar surface area (TPSA) is 37.4 Å². The maximum Gasteiger partial charge on any atom is 0.460 e. The Bertz CT molecular complexity index is 1900. The lowest BCUT2D eigenvalue weighted by atomic mass is 9.68. The smallest absolute Gasteiger partial charge is 0.278 e. The molecule has 0 aromatic heterocycles. The highest BCUT2D eigenvalue weighted by Gasteiger charge is 2.95. The van der Waals surface area contributed by atoms with Crippen LogP contribution >= 0.6 is 0 Å². The zero-order valence-electron chi connectivity index (χ0n) is 28.4. The summed E-state index contributed by atoms with van der Waals surface area (Å²) in [4.78, 5) is 28.7. The molecule has 1 heterocycles. The fourth-order valence-corrected chi connectivity index (χ4v) is 6.80. The Morgan fingerprint density at radius 3 is 1.18 bits per heavy atom. The van der Waals surface area contributed by atoms with Crippen LogP contribution in [0.5, 0.6) is 0 Å². The zero-order chi connectivity index (χ0) is 42.8. The summed E-state index contributed by atoms with van der Waals surface area (Å²) in [7, 11) is 0. The van der Waals surface area contributed by atoms with Gasteiger partial charge in [0.05, 0.1) is 18.4 Å². The van der Waals surface area contributed by atoms with Crippen molar-refractivity contribution in [1.29, 1.82) is 0 Å². The first-order valence-electron chi connectivity index (χ1n) is 16.5. The lowest BCUT2D eigenvalue weighted by Crippen LogP contribution is -2.74. The lowest BCUT2D eigenvalue weighted by molar-refractivity contribution is -0.461. The fourth-order valence-electron chi connectivity index (χ4n) is 6.80. The van der Waals surface area contributed by atoms with Gasteiger partial charge in [-0.25, -0.2) is 0 Å². The minimum Gasteiger partial charge on any atom is -0.278 e. The van der Waals surface area contributed by atoms with Gasteiger partial charge in [-0.3, -0.25) is 14.5 Å². The van der Waals surface area contributed by atoms with E-state index in [9.17, 15) is 84.2 Å². The second-order valence-electron chi connectivity index (χ2n) is 13.5. The van der Waals surface area contributed by atoms with E-state index in [1.807, 2.05) is 12.2 Å². The Kier molecular flexibility index (Phi) is 10.9. The number of aryl methyl sites for hydroxylation is 1. The Hall–Kier alpha value is -4.65. The van der Waals surface area contributed by atoms with Crippen molar-refractivity contribution in [1.82, 2.24) is 4.90 Å². The third-order valence-electron chi connectivity index (χ3n) is 10.0. The third kappa shape index (κ3) is 6.83. The van der Waals surface area contributed by atoms with Gasteiger partial charge in [0.1, 0.15) is 0 Å². The van der Waals surface area contributed by atoms with Crippen LogP contribution in [0.15, 0.2) is 97.1 Å². The third-order valence-corrected chi connectivity index (χ3v) is 10.0. The van der Waals surface area contributed by atoms with E-state index in [4.69, 9.17) is 0 Å². The molecular weight excluding hydrogens is 813 g/mol. The van der Waals surface area contributed by atoms with Gasteiger partial charge < -0.3 is 0 Å². The molecule has 0 unspecified atom stereocenters. The molecule has 0 spiro atoms. The van der Waals surface area contributed by atoms with Gasteiger partial charge in [0.25, 0.3) is 0 Å². The number of carbonyl (C=O) groups excluding carboxylic acids is 2. The Balaban J connectivity index is 1.33. The summed E-state index contributed by atoms with van der Waals surface area (Å²) in [6, 6.07) is 21.5. The number of alkyl halides is 17. The van der Waals surface area contributed by atoms with Gasteiger partial charge in [-0.2, -0.15) is 74.6 Å². The van der Waals surface area contributed by atoms with Crippen molar-refractivity contribution >= 4 is 11.8 Å². The number of amides is 2. The van der Waals surface area contributed by atoms with Crippen LogP contribution in [0.1, 0.15) is 40.5 Å². The lowest BCUT2D eigenvalue weighted by Gasteiger charge is -2.42. The number of benzene rings is 3. The van der Waals surface area contributed by atoms with E-state index in [1.165, 1.54) is 0 Å². The molecule has 57 heavy (non-hydrogen) atoms. The highest BCUT2D eigenvalue weighted by atomic mass is 19.4. The van der Waals surface area contributed by atoms with Gasteiger partial charge >= 0.3 is 47.6 Å². The molecule has 0 N–H and O–H groups in total. The summed E-state index contributed by atoms with van der Waals surface area (Å²) in [5.74, 6) is -60.6. The van der Waals surface area contributed by atoms with Crippen molar-refractivity contribution in [2.24, 2.45) is 11.8 Å². The number of imide groups is 1. The number of rotatable bonds is 13. The molecule has 1 saturated heterocycles. The number of hydrogen-bond acceptors (Lipinski definition) is 2. The maximum absolute atomic E-state index is 14.5. The molecule has 2 amide bonds. The predicted octanol–water partition coefficient (Wildman–Crippen LogP) is 10.9. The van der Waals surface area contributed by atoms with Crippen molar-refractivity contribution in [3.8, 4) is 0 Å². The SMILES string of the molecule is O=C1[C@@H]2[C@H](C(=O)N1Cc1ccc(CCC(F)(F)C(F)(F)C(F)(F)C(F)(F)C(F)(F)C(F)(F)C(F)(F)C(F)(F)F)cc1)[C@H](c1ccccc1)C=C[C@@H]2c1ccccc1. The van der Waals surface area contributed by atoms with Gasteiger partial charge in [0.15, 0.2) is 0 Å². The van der Waals surface area contributed by atoms with Gasteiger partial charge in [0.2, 0.25) is 11.8 Å². The number of likely N-dealkylation sites (tertiary alicyclic amines) is 1. The van der Waals surface area contributed by atoms with E-state index >= 15 is 0 Å². The molecule has 1 aliphatic heterocycles. The normalized spacial score (nSPS) is 21.6. The first kappa shape index (κ1) is 43.5. The largest absolute Gasteiger partial charge is 0.460 e. The summed E-state index contributed by atoms with van der Waals surface area (Å²) >= 11 is 0. The van der Waals surface area contributed by atoms with Crippen molar-refractivity contribution in [3.05, 3.63) is 119 Å². The van der Waals surface area contributed by atoms with E-state index in [0.717, 1.165) is 40.3 Å². The molecule has 4 atom stereocenters. The maximum atomic E-state index is 14.5. The van der Waals surface area contributed by atoms with Crippen LogP contribution < -0.4 is 0 Å². The van der Waals surface area contributed by atoms with Crippen LogP contribution in [0.25, 0.3) is 0 Å². The second-order valence-corrected chi connectivity index (χ2v) is 13.5. The average Bonchev–Trinajstić information content (AvgIpc) is 3.39. The fraction of sp³-hybridized carbons (Fsp3) is 0.405. The number of allylic oxidation sites excluding steroid dienone is 2. The zero-order valence-corrected chi connectivity index (χ0v) is 28.4. The minimum absolute atomic E-state index is 0.140. The Morgan fingerprint density at radius 1 is 0.439 bits per heavy atom. The molecule has 20 heteroatoms. The number of nitrogens with zero attached hydrogens (tertiary/aromatic N) is 1. The van der Waals surface area contributed by atoms with Crippen LogP contribution in [0.2, 0.25) is 0 Å². The van der Waals surface area contributed by atoms with E-state index in [2.05, 4.69) is 0 Å². The summed E-state index contributed by atoms with van der Waals surface area (Å²) < 4.78 is 232. The molecule has 1 fully saturated rings. The molecule has 3 aromatic rings. The highest BCUT2D eigenvalue weighted by molar-refractivity contribution is 6.06.